The van der Waals surface area contributed by atoms with Gasteiger partial charge in [0.25, 0.3) is 0 Å². The van der Waals surface area contributed by atoms with Crippen LogP contribution in [0.15, 0.2) is 29.3 Å². The van der Waals surface area contributed by atoms with Gasteiger partial charge < -0.3 is 10.2 Å². The van der Waals surface area contributed by atoms with E-state index in [0.29, 0.717) is 11.3 Å². The van der Waals surface area contributed by atoms with Crippen LogP contribution in [-0.4, -0.2) is 55.0 Å². The van der Waals surface area contributed by atoms with Gasteiger partial charge in [-0.1, -0.05) is 24.6 Å². The van der Waals surface area contributed by atoms with Crippen molar-refractivity contribution in [2.24, 2.45) is 16.3 Å². The van der Waals surface area contributed by atoms with E-state index in [0.717, 1.165) is 63.6 Å². The molecular weight excluding hydrogens is 351 g/mol. The van der Waals surface area contributed by atoms with Crippen molar-refractivity contribution in [1.29, 1.82) is 0 Å². The summed E-state index contributed by atoms with van der Waals surface area (Å²) in [6.45, 7) is 9.17. The number of likely N-dealkylation sites (tertiary alicyclic amines) is 2. The van der Waals surface area contributed by atoms with Gasteiger partial charge in [-0.3, -0.25) is 9.89 Å². The molecule has 0 aromatic heterocycles. The number of nitrogens with one attached hydrogen (secondary N) is 1. The van der Waals surface area contributed by atoms with Gasteiger partial charge in [-0.05, 0) is 69.5 Å². The van der Waals surface area contributed by atoms with Crippen LogP contribution in [0.2, 0.25) is 0 Å². The van der Waals surface area contributed by atoms with Crippen LogP contribution in [0.1, 0.15) is 51.0 Å². The molecule has 5 heteroatoms. The van der Waals surface area contributed by atoms with Gasteiger partial charge in [-0.2, -0.15) is 0 Å². The zero-order valence-corrected chi connectivity index (χ0v) is 17.3. The van der Waals surface area contributed by atoms with Crippen LogP contribution in [0.3, 0.4) is 0 Å². The van der Waals surface area contributed by atoms with Crippen molar-refractivity contribution < 1.29 is 4.39 Å². The van der Waals surface area contributed by atoms with Gasteiger partial charge in [0.15, 0.2) is 5.96 Å². The molecule has 1 aliphatic carbocycles. The number of hydrogen-bond donors (Lipinski definition) is 1. The molecule has 0 atom stereocenters. The number of nitrogens with zero attached hydrogens (tertiary/aromatic N) is 3. The lowest BCUT2D eigenvalue weighted by molar-refractivity contribution is 0.151. The molecule has 1 aromatic rings. The minimum absolute atomic E-state index is 0.0839. The van der Waals surface area contributed by atoms with E-state index in [1.165, 1.54) is 32.2 Å². The monoisotopic (exact) mass is 386 g/mol. The van der Waals surface area contributed by atoms with Gasteiger partial charge in [-0.15, -0.1) is 0 Å². The number of guanidine groups is 1. The first kappa shape index (κ1) is 19.7. The molecule has 0 amide bonds. The van der Waals surface area contributed by atoms with Crippen molar-refractivity contribution in [1.82, 2.24) is 15.1 Å². The van der Waals surface area contributed by atoms with Crippen LogP contribution in [-0.2, 0) is 6.54 Å². The maximum Gasteiger partial charge on any atom is 0.193 e. The highest BCUT2D eigenvalue weighted by Gasteiger charge is 2.43. The van der Waals surface area contributed by atoms with Crippen LogP contribution >= 0.6 is 0 Å². The predicted molar refractivity (Wildman–Crippen MR) is 113 cm³/mol. The molecular formula is C23H35FN4. The standard InChI is InChI=1S/C23H35FN4/c1-2-25-22(28-15-12-23(18-28)10-5-11-23)26-16-19-8-13-27(14-9-19)17-20-6-3-4-7-21(20)24/h3-4,6-7,19H,2,5,8-18H2,1H3,(H,25,26). The Labute approximate surface area is 169 Å². The van der Waals surface area contributed by atoms with E-state index in [9.17, 15) is 4.39 Å². The minimum Gasteiger partial charge on any atom is -0.357 e. The highest BCUT2D eigenvalue weighted by Crippen LogP contribution is 2.47. The van der Waals surface area contributed by atoms with Crippen molar-refractivity contribution in [3.63, 3.8) is 0 Å². The number of halogens is 1. The average Bonchev–Trinajstić information content (AvgIpc) is 3.14. The summed E-state index contributed by atoms with van der Waals surface area (Å²) in [5.41, 5.74) is 1.42. The SMILES string of the molecule is CCNC(=NCC1CCN(Cc2ccccc2F)CC1)N1CCC2(CCC2)C1. The Kier molecular flexibility index (Phi) is 6.19. The maximum absolute atomic E-state index is 13.9. The number of piperidine rings is 1. The number of rotatable bonds is 5. The topological polar surface area (TPSA) is 30.9 Å². The summed E-state index contributed by atoms with van der Waals surface area (Å²) in [6, 6.07) is 7.15. The summed E-state index contributed by atoms with van der Waals surface area (Å²) >= 11 is 0. The maximum atomic E-state index is 13.9. The molecule has 3 fully saturated rings. The Morgan fingerprint density at radius 3 is 2.61 bits per heavy atom. The summed E-state index contributed by atoms with van der Waals surface area (Å²) in [6.07, 6.45) is 7.87. The minimum atomic E-state index is -0.0839. The van der Waals surface area contributed by atoms with Crippen LogP contribution in [0, 0.1) is 17.2 Å². The third kappa shape index (κ3) is 4.51. The molecule has 1 spiro atoms. The first-order chi connectivity index (χ1) is 13.7. The Hall–Kier alpha value is -1.62. The van der Waals surface area contributed by atoms with E-state index in [1.807, 2.05) is 12.1 Å². The van der Waals surface area contributed by atoms with E-state index in [1.54, 1.807) is 12.1 Å². The van der Waals surface area contributed by atoms with Crippen LogP contribution in [0.25, 0.3) is 0 Å². The molecule has 4 nitrogen and oxygen atoms in total. The second-order valence-corrected chi connectivity index (χ2v) is 9.03. The van der Waals surface area contributed by atoms with Crippen molar-refractivity contribution in [2.45, 2.75) is 52.0 Å². The molecule has 0 unspecified atom stereocenters. The number of benzene rings is 1. The number of hydrogen-bond acceptors (Lipinski definition) is 2. The highest BCUT2D eigenvalue weighted by molar-refractivity contribution is 5.80. The van der Waals surface area contributed by atoms with Crippen LogP contribution in [0.5, 0.6) is 0 Å². The summed E-state index contributed by atoms with van der Waals surface area (Å²) < 4.78 is 13.9. The zero-order chi connectivity index (χ0) is 19.4. The highest BCUT2D eigenvalue weighted by atomic mass is 19.1. The molecule has 4 rings (SSSR count). The van der Waals surface area contributed by atoms with E-state index >= 15 is 0 Å². The first-order valence-corrected chi connectivity index (χ1v) is 11.2. The zero-order valence-electron chi connectivity index (χ0n) is 17.3. The van der Waals surface area contributed by atoms with Gasteiger partial charge in [-0.25, -0.2) is 4.39 Å². The second-order valence-electron chi connectivity index (χ2n) is 9.03. The summed E-state index contributed by atoms with van der Waals surface area (Å²) in [5.74, 6) is 1.69. The third-order valence-electron chi connectivity index (χ3n) is 7.05. The Bertz CT molecular complexity index is 677. The summed E-state index contributed by atoms with van der Waals surface area (Å²) in [4.78, 5) is 9.89. The lowest BCUT2D eigenvalue weighted by Gasteiger charge is -2.38. The fraction of sp³-hybridized carbons (Fsp3) is 0.696. The van der Waals surface area contributed by atoms with Crippen molar-refractivity contribution in [3.8, 4) is 0 Å². The van der Waals surface area contributed by atoms with E-state index in [-0.39, 0.29) is 5.82 Å². The quantitative estimate of drug-likeness (QED) is 0.615. The van der Waals surface area contributed by atoms with E-state index in [2.05, 4.69) is 22.0 Å². The smallest absolute Gasteiger partial charge is 0.193 e. The Morgan fingerprint density at radius 1 is 1.18 bits per heavy atom. The average molecular weight is 387 g/mol. The first-order valence-electron chi connectivity index (χ1n) is 11.2. The molecule has 28 heavy (non-hydrogen) atoms. The molecule has 0 bridgehead atoms. The Morgan fingerprint density at radius 2 is 1.96 bits per heavy atom. The Balaban J connectivity index is 1.26. The van der Waals surface area contributed by atoms with Crippen molar-refractivity contribution in [2.75, 3.05) is 39.3 Å². The van der Waals surface area contributed by atoms with Gasteiger partial charge in [0.1, 0.15) is 5.82 Å². The molecule has 2 saturated heterocycles. The number of aliphatic imine (C=N–C) groups is 1. The van der Waals surface area contributed by atoms with E-state index in [4.69, 9.17) is 4.99 Å². The van der Waals surface area contributed by atoms with E-state index < -0.39 is 0 Å². The van der Waals surface area contributed by atoms with Gasteiger partial charge >= 0.3 is 0 Å². The van der Waals surface area contributed by atoms with Gasteiger partial charge in [0, 0.05) is 38.3 Å². The fourth-order valence-corrected chi connectivity index (χ4v) is 5.04. The largest absolute Gasteiger partial charge is 0.357 e. The lowest BCUT2D eigenvalue weighted by atomic mass is 9.68. The molecule has 1 N–H and O–H groups in total. The normalized spacial score (nSPS) is 23.2. The molecule has 154 valence electrons. The summed E-state index contributed by atoms with van der Waals surface area (Å²) in [5, 5.41) is 3.52. The lowest BCUT2D eigenvalue weighted by Crippen LogP contribution is -2.43. The summed E-state index contributed by atoms with van der Waals surface area (Å²) in [7, 11) is 0. The van der Waals surface area contributed by atoms with Crippen LogP contribution < -0.4 is 5.32 Å². The molecule has 1 saturated carbocycles. The second kappa shape index (κ2) is 8.81. The molecule has 3 aliphatic rings. The van der Waals surface area contributed by atoms with Gasteiger partial charge in [0.05, 0.1) is 0 Å². The molecule has 2 aliphatic heterocycles. The third-order valence-corrected chi connectivity index (χ3v) is 7.05. The van der Waals surface area contributed by atoms with Crippen molar-refractivity contribution >= 4 is 5.96 Å². The molecule has 2 heterocycles. The molecule has 0 radical (unpaired) electrons. The van der Waals surface area contributed by atoms with Gasteiger partial charge in [0.2, 0.25) is 0 Å². The predicted octanol–water partition coefficient (Wildman–Crippen LogP) is 3.88. The van der Waals surface area contributed by atoms with Crippen molar-refractivity contribution in [3.05, 3.63) is 35.6 Å². The molecule has 1 aromatic carbocycles. The van der Waals surface area contributed by atoms with Crippen LogP contribution in [0.4, 0.5) is 4.39 Å². The fourth-order valence-electron chi connectivity index (χ4n) is 5.04.